The molecule has 1 aliphatic rings. The minimum atomic E-state index is -3.68. The lowest BCUT2D eigenvalue weighted by Gasteiger charge is -2.19. The minimum Gasteiger partial charge on any atom is -0.351 e. The molecular formula is C17H18N4O3S. The molecule has 2 aromatic rings. The second kappa shape index (κ2) is 6.78. The maximum Gasteiger partial charge on any atom is 0.243 e. The fourth-order valence-corrected chi connectivity index (χ4v) is 4.93. The Morgan fingerprint density at radius 1 is 1.44 bits per heavy atom. The lowest BCUT2D eigenvalue weighted by atomic mass is 10.1. The Kier molecular flexibility index (Phi) is 4.70. The summed E-state index contributed by atoms with van der Waals surface area (Å²) in [7, 11) is -3.68. The highest BCUT2D eigenvalue weighted by Crippen LogP contribution is 2.29. The summed E-state index contributed by atoms with van der Waals surface area (Å²) in [6, 6.07) is 6.66. The normalized spacial score (nSPS) is 18.2. The molecule has 0 unspecified atom stereocenters. The molecule has 0 radical (unpaired) electrons. The van der Waals surface area contributed by atoms with Crippen LogP contribution in [0.3, 0.4) is 0 Å². The van der Waals surface area contributed by atoms with Gasteiger partial charge in [-0.15, -0.1) is 0 Å². The molecule has 0 aliphatic carbocycles. The largest absolute Gasteiger partial charge is 0.351 e. The van der Waals surface area contributed by atoms with Gasteiger partial charge in [0.2, 0.25) is 15.9 Å². The Morgan fingerprint density at radius 2 is 2.24 bits per heavy atom. The zero-order valence-electron chi connectivity index (χ0n) is 13.8. The first-order valence-corrected chi connectivity index (χ1v) is 9.37. The predicted molar refractivity (Wildman–Crippen MR) is 92.0 cm³/mol. The van der Waals surface area contributed by atoms with Gasteiger partial charge in [0.05, 0.1) is 11.0 Å². The number of rotatable bonds is 4. The summed E-state index contributed by atoms with van der Waals surface area (Å²) in [5, 5.41) is 12.7. The quantitative estimate of drug-likeness (QED) is 0.888. The van der Waals surface area contributed by atoms with Crippen molar-refractivity contribution in [2.75, 3.05) is 13.1 Å². The summed E-state index contributed by atoms with van der Waals surface area (Å²) >= 11 is 0. The van der Waals surface area contributed by atoms with Crippen LogP contribution in [0.15, 0.2) is 35.5 Å². The van der Waals surface area contributed by atoms with Crippen molar-refractivity contribution >= 4 is 26.7 Å². The van der Waals surface area contributed by atoms with Crippen molar-refractivity contribution in [3.05, 3.63) is 36.2 Å². The molecule has 1 aliphatic heterocycles. The van der Waals surface area contributed by atoms with E-state index in [4.69, 9.17) is 5.26 Å². The van der Waals surface area contributed by atoms with E-state index in [0.29, 0.717) is 18.4 Å². The average molecular weight is 358 g/mol. The highest BCUT2D eigenvalue weighted by atomic mass is 32.2. The molecule has 0 spiro atoms. The Labute approximate surface area is 146 Å². The van der Waals surface area contributed by atoms with E-state index >= 15 is 0 Å². The third-order valence-corrected chi connectivity index (χ3v) is 6.22. The van der Waals surface area contributed by atoms with Crippen LogP contribution in [0.1, 0.15) is 18.4 Å². The van der Waals surface area contributed by atoms with E-state index in [2.05, 4.69) is 10.3 Å². The van der Waals surface area contributed by atoms with Gasteiger partial charge in [0.25, 0.3) is 0 Å². The maximum atomic E-state index is 13.1. The number of nitrogens with one attached hydrogen (secondary N) is 1. The number of hydrogen-bond donors (Lipinski definition) is 1. The molecule has 1 N–H and O–H groups in total. The van der Waals surface area contributed by atoms with Gasteiger partial charge in [-0.1, -0.05) is 12.1 Å². The van der Waals surface area contributed by atoms with Gasteiger partial charge in [-0.05, 0) is 25.0 Å². The molecule has 0 bridgehead atoms. The van der Waals surface area contributed by atoms with Gasteiger partial charge in [-0.25, -0.2) is 8.42 Å². The number of hydrogen-bond acceptors (Lipinski definition) is 5. The van der Waals surface area contributed by atoms with Crippen molar-refractivity contribution < 1.29 is 13.2 Å². The van der Waals surface area contributed by atoms with Crippen molar-refractivity contribution in [1.29, 1.82) is 5.26 Å². The number of carbonyl (C=O) groups excluding carboxylic acids is 1. The fraction of sp³-hybridized carbons (Fsp3) is 0.353. The average Bonchev–Trinajstić information content (AvgIpc) is 3.04. The zero-order valence-corrected chi connectivity index (χ0v) is 14.6. The van der Waals surface area contributed by atoms with Gasteiger partial charge < -0.3 is 5.32 Å². The van der Waals surface area contributed by atoms with Crippen LogP contribution >= 0.6 is 0 Å². The molecule has 1 aromatic carbocycles. The Balaban J connectivity index is 1.89. The number of fused-ring (bicyclic) bond motifs is 1. The second-order valence-electron chi connectivity index (χ2n) is 6.06. The van der Waals surface area contributed by atoms with Crippen molar-refractivity contribution in [3.8, 4) is 6.07 Å². The number of sulfonamides is 1. The number of benzene rings is 1. The van der Waals surface area contributed by atoms with Crippen LogP contribution in [0.2, 0.25) is 0 Å². The first-order valence-electron chi connectivity index (χ1n) is 7.93. The topological polar surface area (TPSA) is 103 Å². The van der Waals surface area contributed by atoms with Gasteiger partial charge in [-0.3, -0.25) is 9.78 Å². The van der Waals surface area contributed by atoms with Crippen LogP contribution in [0.4, 0.5) is 0 Å². The monoisotopic (exact) mass is 358 g/mol. The lowest BCUT2D eigenvalue weighted by molar-refractivity contribution is -0.120. The van der Waals surface area contributed by atoms with Gasteiger partial charge >= 0.3 is 0 Å². The SMILES string of the molecule is Cc1cncc2cccc(S(=O)(=O)N3CC[C@@H](NC(=O)CC#N)C3)c12. The molecule has 1 aromatic heterocycles. The fourth-order valence-electron chi connectivity index (χ4n) is 3.14. The first-order chi connectivity index (χ1) is 11.9. The molecule has 8 heteroatoms. The third kappa shape index (κ3) is 3.34. The van der Waals surface area contributed by atoms with Crippen LogP contribution in [0, 0.1) is 18.3 Å². The van der Waals surface area contributed by atoms with Crippen molar-refractivity contribution in [2.24, 2.45) is 0 Å². The van der Waals surface area contributed by atoms with Crippen molar-refractivity contribution in [2.45, 2.75) is 30.7 Å². The molecular weight excluding hydrogens is 340 g/mol. The van der Waals surface area contributed by atoms with E-state index in [9.17, 15) is 13.2 Å². The second-order valence-corrected chi connectivity index (χ2v) is 7.97. The first kappa shape index (κ1) is 17.3. The zero-order chi connectivity index (χ0) is 18.0. The number of aryl methyl sites for hydroxylation is 1. The maximum absolute atomic E-state index is 13.1. The summed E-state index contributed by atoms with van der Waals surface area (Å²) in [5.41, 5.74) is 0.801. The van der Waals surface area contributed by atoms with Crippen LogP contribution < -0.4 is 5.32 Å². The number of amides is 1. The van der Waals surface area contributed by atoms with E-state index in [1.165, 1.54) is 4.31 Å². The smallest absolute Gasteiger partial charge is 0.243 e. The van der Waals surface area contributed by atoms with E-state index in [1.54, 1.807) is 30.6 Å². The number of nitrogens with zero attached hydrogens (tertiary/aromatic N) is 3. The lowest BCUT2D eigenvalue weighted by Crippen LogP contribution is -2.38. The number of nitriles is 1. The third-order valence-electron chi connectivity index (χ3n) is 4.31. The molecule has 7 nitrogen and oxygen atoms in total. The Hall–Kier alpha value is -2.50. The highest BCUT2D eigenvalue weighted by Gasteiger charge is 2.34. The minimum absolute atomic E-state index is 0.208. The van der Waals surface area contributed by atoms with Gasteiger partial charge in [0.15, 0.2) is 0 Å². The van der Waals surface area contributed by atoms with Crippen LogP contribution in [0.25, 0.3) is 10.8 Å². The number of pyridine rings is 1. The van der Waals surface area contributed by atoms with Gasteiger partial charge in [0.1, 0.15) is 6.42 Å². The molecule has 1 atom stereocenters. The van der Waals surface area contributed by atoms with Gasteiger partial charge in [-0.2, -0.15) is 9.57 Å². The predicted octanol–water partition coefficient (Wildman–Crippen LogP) is 1.34. The summed E-state index contributed by atoms with van der Waals surface area (Å²) in [6.07, 6.45) is 3.60. The molecule has 1 fully saturated rings. The summed E-state index contributed by atoms with van der Waals surface area (Å²) < 4.78 is 27.6. The molecule has 1 saturated heterocycles. The van der Waals surface area contributed by atoms with E-state index < -0.39 is 10.0 Å². The molecule has 130 valence electrons. The molecule has 0 saturated carbocycles. The summed E-state index contributed by atoms with van der Waals surface area (Å²) in [6.45, 7) is 2.38. The summed E-state index contributed by atoms with van der Waals surface area (Å²) in [5.74, 6) is -0.376. The van der Waals surface area contributed by atoms with Crippen LogP contribution in [0.5, 0.6) is 0 Å². The van der Waals surface area contributed by atoms with Crippen LogP contribution in [-0.2, 0) is 14.8 Å². The molecule has 1 amide bonds. The standard InChI is InChI=1S/C17H18N4O3S/c1-12-9-19-10-13-3-2-4-15(17(12)13)25(23,24)21-8-6-14(11-21)20-16(22)5-7-18/h2-4,9-10,14H,5-6,8,11H2,1H3,(H,20,22)/t14-/m1/s1. The Bertz CT molecular complexity index is 960. The number of carbonyl (C=O) groups is 1. The summed E-state index contributed by atoms with van der Waals surface area (Å²) in [4.78, 5) is 15.9. The van der Waals surface area contributed by atoms with E-state index in [-0.39, 0.29) is 29.8 Å². The van der Waals surface area contributed by atoms with Crippen molar-refractivity contribution in [3.63, 3.8) is 0 Å². The van der Waals surface area contributed by atoms with Crippen molar-refractivity contribution in [1.82, 2.24) is 14.6 Å². The van der Waals surface area contributed by atoms with E-state index in [0.717, 1.165) is 10.9 Å². The number of aromatic nitrogens is 1. The molecule has 3 rings (SSSR count). The molecule has 2 heterocycles. The highest BCUT2D eigenvalue weighted by molar-refractivity contribution is 7.89. The van der Waals surface area contributed by atoms with Crippen LogP contribution in [-0.4, -0.2) is 42.7 Å². The molecule has 25 heavy (non-hydrogen) atoms. The Morgan fingerprint density at radius 3 is 3.00 bits per heavy atom. The van der Waals surface area contributed by atoms with E-state index in [1.807, 2.05) is 13.0 Å². The van der Waals surface area contributed by atoms with Gasteiger partial charge in [0, 0.05) is 42.3 Å².